The number of carbonyl (C=O) groups excluding carboxylic acids is 2. The van der Waals surface area contributed by atoms with Crippen molar-refractivity contribution in [2.45, 2.75) is 45.6 Å². The molecule has 8 nitrogen and oxygen atoms in total. The average molecular weight is 388 g/mol. The Hall–Kier alpha value is -2.29. The Balaban J connectivity index is 1.31. The highest BCUT2D eigenvalue weighted by atomic mass is 32.1. The molecule has 9 heteroatoms. The Kier molecular flexibility index (Phi) is 4.94. The summed E-state index contributed by atoms with van der Waals surface area (Å²) >= 11 is 1.44. The topological polar surface area (TPSA) is 93.0 Å². The molecular formula is C18H24N6O2S. The standard InChI is InChI=1S/C18H24N6O2S/c1-2-4-14-21-22-17(27-14)24-10-13(9-15(24)25)16(26)19-11-18(5-6-18)12-23-8-3-7-20-23/h3,7-8,13H,2,4-6,9-12H2,1H3,(H,19,26). The average Bonchev–Trinajstić information content (AvgIpc) is 3.04. The minimum Gasteiger partial charge on any atom is -0.355 e. The van der Waals surface area contributed by atoms with E-state index >= 15 is 0 Å². The van der Waals surface area contributed by atoms with E-state index in [1.54, 1.807) is 11.1 Å². The molecule has 1 atom stereocenters. The van der Waals surface area contributed by atoms with Crippen LogP contribution in [0, 0.1) is 11.3 Å². The summed E-state index contributed by atoms with van der Waals surface area (Å²) < 4.78 is 1.92. The molecular weight excluding hydrogens is 364 g/mol. The first-order chi connectivity index (χ1) is 13.1. The van der Waals surface area contributed by atoms with Crippen molar-refractivity contribution < 1.29 is 9.59 Å². The number of aromatic nitrogens is 4. The first kappa shape index (κ1) is 18.1. The molecule has 4 rings (SSSR count). The minimum absolute atomic E-state index is 0.0455. The van der Waals surface area contributed by atoms with Gasteiger partial charge in [-0.05, 0) is 25.3 Å². The summed E-state index contributed by atoms with van der Waals surface area (Å²) in [5, 5.41) is 17.1. The van der Waals surface area contributed by atoms with Gasteiger partial charge in [0.2, 0.25) is 16.9 Å². The Morgan fingerprint density at radius 2 is 2.26 bits per heavy atom. The largest absolute Gasteiger partial charge is 0.355 e. The van der Waals surface area contributed by atoms with E-state index in [0.29, 0.717) is 18.2 Å². The van der Waals surface area contributed by atoms with Crippen molar-refractivity contribution in [1.29, 1.82) is 0 Å². The zero-order valence-corrected chi connectivity index (χ0v) is 16.2. The highest BCUT2D eigenvalue weighted by Gasteiger charge is 2.44. The maximum Gasteiger partial charge on any atom is 0.229 e. The lowest BCUT2D eigenvalue weighted by Gasteiger charge is -2.18. The fraction of sp³-hybridized carbons (Fsp3) is 0.611. The third-order valence-electron chi connectivity index (χ3n) is 5.30. The number of hydrogen-bond acceptors (Lipinski definition) is 6. The number of carbonyl (C=O) groups is 2. The summed E-state index contributed by atoms with van der Waals surface area (Å²) in [6, 6.07) is 1.91. The molecule has 1 aliphatic carbocycles. The van der Waals surface area contributed by atoms with Crippen LogP contribution in [0.1, 0.15) is 37.6 Å². The number of aryl methyl sites for hydroxylation is 1. The van der Waals surface area contributed by atoms with Crippen LogP contribution in [0.5, 0.6) is 0 Å². The number of nitrogens with zero attached hydrogens (tertiary/aromatic N) is 5. The van der Waals surface area contributed by atoms with Gasteiger partial charge >= 0.3 is 0 Å². The second-order valence-electron chi connectivity index (χ2n) is 7.56. The first-order valence-electron chi connectivity index (χ1n) is 9.46. The van der Waals surface area contributed by atoms with Gasteiger partial charge in [0.25, 0.3) is 0 Å². The van der Waals surface area contributed by atoms with Crippen LogP contribution < -0.4 is 10.2 Å². The molecule has 0 aromatic carbocycles. The van der Waals surface area contributed by atoms with Crippen LogP contribution in [-0.2, 0) is 22.6 Å². The summed E-state index contributed by atoms with van der Waals surface area (Å²) in [4.78, 5) is 26.6. The van der Waals surface area contributed by atoms with Gasteiger partial charge in [0.15, 0.2) is 0 Å². The molecule has 144 valence electrons. The van der Waals surface area contributed by atoms with E-state index in [-0.39, 0.29) is 29.6 Å². The van der Waals surface area contributed by atoms with E-state index in [2.05, 4.69) is 27.5 Å². The summed E-state index contributed by atoms with van der Waals surface area (Å²) in [6.45, 7) is 3.93. The molecule has 1 N–H and O–H groups in total. The zero-order chi connectivity index (χ0) is 18.9. The first-order valence-corrected chi connectivity index (χ1v) is 10.3. The van der Waals surface area contributed by atoms with E-state index in [1.165, 1.54) is 11.3 Å². The van der Waals surface area contributed by atoms with Gasteiger partial charge in [-0.15, -0.1) is 10.2 Å². The molecule has 0 bridgehead atoms. The normalized spacial score (nSPS) is 20.9. The Morgan fingerprint density at radius 1 is 1.41 bits per heavy atom. The van der Waals surface area contributed by atoms with Gasteiger partial charge in [-0.3, -0.25) is 19.2 Å². The third kappa shape index (κ3) is 4.02. The molecule has 2 amide bonds. The quantitative estimate of drug-likeness (QED) is 0.742. The van der Waals surface area contributed by atoms with Crippen molar-refractivity contribution in [2.75, 3.05) is 18.0 Å². The fourth-order valence-corrected chi connectivity index (χ4v) is 4.43. The van der Waals surface area contributed by atoms with Crippen LogP contribution in [0.4, 0.5) is 5.13 Å². The molecule has 2 aromatic rings. The molecule has 2 aliphatic rings. The predicted octanol–water partition coefficient (Wildman–Crippen LogP) is 1.64. The number of anilines is 1. The number of amides is 2. The minimum atomic E-state index is -0.323. The van der Waals surface area contributed by atoms with Crippen LogP contribution in [0.2, 0.25) is 0 Å². The highest BCUT2D eigenvalue weighted by Crippen LogP contribution is 2.46. The van der Waals surface area contributed by atoms with Crippen molar-refractivity contribution in [3.05, 3.63) is 23.5 Å². The van der Waals surface area contributed by atoms with Crippen LogP contribution in [0.3, 0.4) is 0 Å². The monoisotopic (exact) mass is 388 g/mol. The lowest BCUT2D eigenvalue weighted by atomic mass is 10.1. The Labute approximate surface area is 162 Å². The number of rotatable bonds is 8. The van der Waals surface area contributed by atoms with Gasteiger partial charge in [0.1, 0.15) is 5.01 Å². The predicted molar refractivity (Wildman–Crippen MR) is 101 cm³/mol. The molecule has 1 saturated heterocycles. The van der Waals surface area contributed by atoms with Gasteiger partial charge < -0.3 is 5.32 Å². The fourth-order valence-electron chi connectivity index (χ4n) is 3.46. The van der Waals surface area contributed by atoms with E-state index in [0.717, 1.165) is 37.2 Å². The van der Waals surface area contributed by atoms with Crippen LogP contribution in [0.25, 0.3) is 0 Å². The SMILES string of the molecule is CCCc1nnc(N2CC(C(=O)NCC3(Cn4cccn4)CC3)CC2=O)s1. The summed E-state index contributed by atoms with van der Waals surface area (Å²) in [5.41, 5.74) is 0.109. The van der Waals surface area contributed by atoms with Gasteiger partial charge in [-0.1, -0.05) is 18.3 Å². The smallest absolute Gasteiger partial charge is 0.229 e. The lowest BCUT2D eigenvalue weighted by Crippen LogP contribution is -2.37. The van der Waals surface area contributed by atoms with Crippen LogP contribution in [-0.4, -0.2) is 44.9 Å². The van der Waals surface area contributed by atoms with Gasteiger partial charge in [0, 0.05) is 50.3 Å². The lowest BCUT2D eigenvalue weighted by molar-refractivity contribution is -0.126. The van der Waals surface area contributed by atoms with Crippen molar-refractivity contribution in [2.24, 2.45) is 11.3 Å². The third-order valence-corrected chi connectivity index (χ3v) is 6.30. The van der Waals surface area contributed by atoms with Gasteiger partial charge in [-0.2, -0.15) is 5.10 Å². The van der Waals surface area contributed by atoms with E-state index in [1.807, 2.05) is 16.9 Å². The number of nitrogens with one attached hydrogen (secondary N) is 1. The molecule has 0 radical (unpaired) electrons. The van der Waals surface area contributed by atoms with Crippen LogP contribution >= 0.6 is 11.3 Å². The van der Waals surface area contributed by atoms with Gasteiger partial charge in [-0.25, -0.2) is 0 Å². The van der Waals surface area contributed by atoms with Crippen molar-refractivity contribution in [1.82, 2.24) is 25.3 Å². The summed E-state index contributed by atoms with van der Waals surface area (Å²) in [5.74, 6) is -0.417. The van der Waals surface area contributed by atoms with Crippen molar-refractivity contribution >= 4 is 28.3 Å². The molecule has 1 unspecified atom stereocenters. The number of hydrogen-bond donors (Lipinski definition) is 1. The van der Waals surface area contributed by atoms with Crippen molar-refractivity contribution in [3.8, 4) is 0 Å². The highest BCUT2D eigenvalue weighted by molar-refractivity contribution is 7.15. The molecule has 2 aromatic heterocycles. The maximum atomic E-state index is 12.6. The maximum absolute atomic E-state index is 12.6. The summed E-state index contributed by atoms with van der Waals surface area (Å²) in [6.07, 6.45) is 8.00. The molecule has 27 heavy (non-hydrogen) atoms. The Morgan fingerprint density at radius 3 is 2.96 bits per heavy atom. The molecule has 1 saturated carbocycles. The second-order valence-corrected chi connectivity index (χ2v) is 8.60. The van der Waals surface area contributed by atoms with Crippen LogP contribution in [0.15, 0.2) is 18.5 Å². The molecule has 3 heterocycles. The second kappa shape index (κ2) is 7.38. The van der Waals surface area contributed by atoms with Gasteiger partial charge in [0.05, 0.1) is 5.92 Å². The van der Waals surface area contributed by atoms with E-state index in [9.17, 15) is 9.59 Å². The molecule has 1 aliphatic heterocycles. The molecule has 0 spiro atoms. The molecule has 2 fully saturated rings. The van der Waals surface area contributed by atoms with Crippen molar-refractivity contribution in [3.63, 3.8) is 0 Å². The Bertz CT molecular complexity index is 814. The zero-order valence-electron chi connectivity index (χ0n) is 15.4. The van der Waals surface area contributed by atoms with E-state index in [4.69, 9.17) is 0 Å². The van der Waals surface area contributed by atoms with E-state index < -0.39 is 0 Å². The summed E-state index contributed by atoms with van der Waals surface area (Å²) in [7, 11) is 0.